The van der Waals surface area contributed by atoms with Gasteiger partial charge in [-0.2, -0.15) is 0 Å². The van der Waals surface area contributed by atoms with E-state index in [0.717, 1.165) is 45.2 Å². The highest BCUT2D eigenvalue weighted by Gasteiger charge is 2.17. The summed E-state index contributed by atoms with van der Waals surface area (Å²) in [6.45, 7) is 3.16. The number of aromatic nitrogens is 3. The molecule has 0 spiro atoms. The smallest absolute Gasteiger partial charge is 0.150 e. The Labute approximate surface area is 180 Å². The highest BCUT2D eigenvalue weighted by molar-refractivity contribution is 6.02. The van der Waals surface area contributed by atoms with Crippen LogP contribution in [0.3, 0.4) is 0 Å². The molecule has 0 aliphatic carbocycles. The van der Waals surface area contributed by atoms with Crippen molar-refractivity contribution in [3.8, 4) is 22.6 Å². The number of benzene rings is 2. The van der Waals surface area contributed by atoms with Crippen molar-refractivity contribution in [3.05, 3.63) is 91.3 Å². The third-order valence-electron chi connectivity index (χ3n) is 5.10. The second-order valence-electron chi connectivity index (χ2n) is 7.06. The minimum atomic E-state index is 0.543. The maximum atomic E-state index is 5.59. The third-order valence-corrected chi connectivity index (χ3v) is 5.10. The molecule has 5 rings (SSSR count). The van der Waals surface area contributed by atoms with Gasteiger partial charge in [-0.25, -0.2) is 9.97 Å². The minimum Gasteiger partial charge on any atom is -0.494 e. The Morgan fingerprint density at radius 3 is 2.55 bits per heavy atom. The molecule has 0 saturated heterocycles. The van der Waals surface area contributed by atoms with Gasteiger partial charge in [0.05, 0.1) is 24.8 Å². The molecule has 3 aromatic heterocycles. The van der Waals surface area contributed by atoms with Gasteiger partial charge < -0.3 is 19.0 Å². The summed E-state index contributed by atoms with van der Waals surface area (Å²) in [6, 6.07) is 22.1. The molecule has 6 nitrogen and oxygen atoms in total. The molecule has 0 atom stereocenters. The van der Waals surface area contributed by atoms with Crippen LogP contribution in [0.1, 0.15) is 12.7 Å². The zero-order valence-electron chi connectivity index (χ0n) is 17.2. The van der Waals surface area contributed by atoms with Gasteiger partial charge in [-0.3, -0.25) is 0 Å². The molecule has 2 aromatic carbocycles. The summed E-state index contributed by atoms with van der Waals surface area (Å²) < 4.78 is 13.1. The maximum Gasteiger partial charge on any atom is 0.150 e. The van der Waals surface area contributed by atoms with E-state index in [1.165, 1.54) is 0 Å². The van der Waals surface area contributed by atoms with Crippen LogP contribution >= 0.6 is 0 Å². The van der Waals surface area contributed by atoms with Crippen molar-refractivity contribution < 1.29 is 9.15 Å². The van der Waals surface area contributed by atoms with Gasteiger partial charge in [0.25, 0.3) is 0 Å². The Morgan fingerprint density at radius 2 is 1.81 bits per heavy atom. The molecule has 0 aliphatic heterocycles. The first-order chi connectivity index (χ1) is 15.3. The molecule has 0 amide bonds. The standard InChI is InChI=1S/C25H22N4O2/c1-2-30-20-12-10-19(11-13-20)29-16-22(18-7-4-3-5-8-18)23-24(27-17-28-25(23)29)26-15-21-9-6-14-31-21/h3-14,16-17H,2,15H2,1H3,(H,26,27,28). The van der Waals surface area contributed by atoms with Crippen LogP contribution in [0.2, 0.25) is 0 Å². The van der Waals surface area contributed by atoms with Gasteiger partial charge in [0.2, 0.25) is 0 Å². The van der Waals surface area contributed by atoms with E-state index < -0.39 is 0 Å². The van der Waals surface area contributed by atoms with E-state index in [1.54, 1.807) is 12.6 Å². The number of furan rings is 1. The molecule has 5 aromatic rings. The van der Waals surface area contributed by atoms with E-state index in [-0.39, 0.29) is 0 Å². The molecule has 6 heteroatoms. The number of hydrogen-bond donors (Lipinski definition) is 1. The van der Waals surface area contributed by atoms with Crippen LogP contribution < -0.4 is 10.1 Å². The summed E-state index contributed by atoms with van der Waals surface area (Å²) in [5.74, 6) is 2.46. The summed E-state index contributed by atoms with van der Waals surface area (Å²) in [7, 11) is 0. The van der Waals surface area contributed by atoms with E-state index in [2.05, 4.69) is 38.2 Å². The summed E-state index contributed by atoms with van der Waals surface area (Å²) in [4.78, 5) is 9.17. The van der Waals surface area contributed by atoms with Crippen LogP contribution in [0.5, 0.6) is 5.75 Å². The number of fused-ring (bicyclic) bond motifs is 1. The second kappa shape index (κ2) is 8.36. The highest BCUT2D eigenvalue weighted by atomic mass is 16.5. The predicted molar refractivity (Wildman–Crippen MR) is 122 cm³/mol. The number of rotatable bonds is 7. The van der Waals surface area contributed by atoms with E-state index in [4.69, 9.17) is 9.15 Å². The van der Waals surface area contributed by atoms with Gasteiger partial charge in [-0.05, 0) is 48.9 Å². The van der Waals surface area contributed by atoms with Crippen molar-refractivity contribution >= 4 is 16.9 Å². The van der Waals surface area contributed by atoms with Crippen LogP contribution in [-0.4, -0.2) is 21.1 Å². The van der Waals surface area contributed by atoms with E-state index in [9.17, 15) is 0 Å². The number of nitrogens with one attached hydrogen (secondary N) is 1. The Bertz CT molecular complexity index is 1280. The zero-order valence-corrected chi connectivity index (χ0v) is 17.2. The lowest BCUT2D eigenvalue weighted by molar-refractivity contribution is 0.340. The van der Waals surface area contributed by atoms with E-state index >= 15 is 0 Å². The fraction of sp³-hybridized carbons (Fsp3) is 0.120. The average molecular weight is 410 g/mol. The lowest BCUT2D eigenvalue weighted by Gasteiger charge is -2.08. The zero-order chi connectivity index (χ0) is 21.0. The lowest BCUT2D eigenvalue weighted by atomic mass is 10.1. The Balaban J connectivity index is 1.64. The molecule has 0 radical (unpaired) electrons. The monoisotopic (exact) mass is 410 g/mol. The molecule has 3 heterocycles. The van der Waals surface area contributed by atoms with Gasteiger partial charge in [0.1, 0.15) is 23.7 Å². The van der Waals surface area contributed by atoms with Gasteiger partial charge in [-0.1, -0.05) is 30.3 Å². The minimum absolute atomic E-state index is 0.543. The quantitative estimate of drug-likeness (QED) is 0.373. The van der Waals surface area contributed by atoms with E-state index in [0.29, 0.717) is 13.2 Å². The number of anilines is 1. The predicted octanol–water partition coefficient (Wildman–Crippen LogP) is 5.69. The number of nitrogens with zero attached hydrogens (tertiary/aromatic N) is 3. The first kappa shape index (κ1) is 18.9. The molecular formula is C25H22N4O2. The summed E-state index contributed by atoms with van der Waals surface area (Å²) in [5, 5.41) is 4.38. The molecule has 31 heavy (non-hydrogen) atoms. The molecule has 0 unspecified atom stereocenters. The normalized spacial score (nSPS) is 11.0. The van der Waals surface area contributed by atoms with Crippen LogP contribution in [-0.2, 0) is 6.54 Å². The van der Waals surface area contributed by atoms with Crippen molar-refractivity contribution in [3.63, 3.8) is 0 Å². The van der Waals surface area contributed by atoms with Crippen LogP contribution in [0, 0.1) is 0 Å². The molecular weight excluding hydrogens is 388 g/mol. The fourth-order valence-corrected chi connectivity index (χ4v) is 3.68. The fourth-order valence-electron chi connectivity index (χ4n) is 3.68. The molecule has 0 fully saturated rings. The van der Waals surface area contributed by atoms with Gasteiger partial charge >= 0.3 is 0 Å². The van der Waals surface area contributed by atoms with E-state index in [1.807, 2.05) is 61.5 Å². The van der Waals surface area contributed by atoms with Crippen LogP contribution in [0.25, 0.3) is 27.8 Å². The largest absolute Gasteiger partial charge is 0.494 e. The molecule has 0 bridgehead atoms. The van der Waals surface area contributed by atoms with Gasteiger partial charge in [-0.15, -0.1) is 0 Å². The van der Waals surface area contributed by atoms with Gasteiger partial charge in [0.15, 0.2) is 5.65 Å². The number of hydrogen-bond acceptors (Lipinski definition) is 5. The van der Waals surface area contributed by atoms with Crippen molar-refractivity contribution in [1.29, 1.82) is 0 Å². The second-order valence-corrected chi connectivity index (χ2v) is 7.06. The Kier molecular flexibility index (Phi) is 5.10. The Hall–Kier alpha value is -4.06. The molecule has 154 valence electrons. The Morgan fingerprint density at radius 1 is 0.968 bits per heavy atom. The molecule has 1 N–H and O–H groups in total. The summed E-state index contributed by atoms with van der Waals surface area (Å²) >= 11 is 0. The van der Waals surface area contributed by atoms with Crippen LogP contribution in [0.4, 0.5) is 5.82 Å². The topological polar surface area (TPSA) is 65.1 Å². The first-order valence-corrected chi connectivity index (χ1v) is 10.2. The maximum absolute atomic E-state index is 5.59. The van der Waals surface area contributed by atoms with Crippen molar-refractivity contribution in [1.82, 2.24) is 14.5 Å². The van der Waals surface area contributed by atoms with Crippen molar-refractivity contribution in [2.75, 3.05) is 11.9 Å². The van der Waals surface area contributed by atoms with Crippen molar-refractivity contribution in [2.24, 2.45) is 0 Å². The van der Waals surface area contributed by atoms with Crippen LogP contribution in [0.15, 0.2) is 89.9 Å². The lowest BCUT2D eigenvalue weighted by Crippen LogP contribution is -2.02. The first-order valence-electron chi connectivity index (χ1n) is 10.2. The number of ether oxygens (including phenoxy) is 1. The molecule has 0 saturated carbocycles. The molecule has 0 aliphatic rings. The SMILES string of the molecule is CCOc1ccc(-n2cc(-c3ccccc3)c3c(NCc4ccco4)ncnc32)cc1. The van der Waals surface area contributed by atoms with Gasteiger partial charge in [0, 0.05) is 17.4 Å². The van der Waals surface area contributed by atoms with Crippen molar-refractivity contribution in [2.45, 2.75) is 13.5 Å². The third kappa shape index (κ3) is 3.75. The average Bonchev–Trinajstić information content (AvgIpc) is 3.47. The summed E-state index contributed by atoms with van der Waals surface area (Å²) in [5.41, 5.74) is 4.01. The highest BCUT2D eigenvalue weighted by Crippen LogP contribution is 2.35. The summed E-state index contributed by atoms with van der Waals surface area (Å²) in [6.07, 6.45) is 5.37.